The third-order valence-electron chi connectivity index (χ3n) is 4.36. The third-order valence-corrected chi connectivity index (χ3v) is 4.36. The van der Waals surface area contributed by atoms with Crippen molar-refractivity contribution in [1.29, 1.82) is 0 Å². The molecule has 0 aliphatic carbocycles. The molecule has 1 aliphatic heterocycles. The number of carbonyl (C=O) groups is 1. The fourth-order valence-electron chi connectivity index (χ4n) is 2.96. The van der Waals surface area contributed by atoms with Gasteiger partial charge >= 0.3 is 0 Å². The fraction of sp³-hybridized carbons (Fsp3) is 0.421. The lowest BCUT2D eigenvalue weighted by Crippen LogP contribution is -2.37. The molecule has 3 rings (SSSR count). The van der Waals surface area contributed by atoms with Crippen molar-refractivity contribution in [2.75, 3.05) is 31.2 Å². The Morgan fingerprint density at radius 1 is 1.24 bits per heavy atom. The maximum absolute atomic E-state index is 12.6. The van der Waals surface area contributed by atoms with Crippen molar-refractivity contribution in [1.82, 2.24) is 15.3 Å². The van der Waals surface area contributed by atoms with Crippen LogP contribution in [-0.4, -0.2) is 42.2 Å². The van der Waals surface area contributed by atoms with E-state index in [0.29, 0.717) is 25.7 Å². The minimum atomic E-state index is -0.137. The molecule has 132 valence electrons. The van der Waals surface area contributed by atoms with Gasteiger partial charge in [0.25, 0.3) is 0 Å². The molecule has 1 fully saturated rings. The van der Waals surface area contributed by atoms with Gasteiger partial charge in [0.15, 0.2) is 0 Å². The number of hydrogen-bond acceptors (Lipinski definition) is 5. The summed E-state index contributed by atoms with van der Waals surface area (Å²) in [6, 6.07) is 11.7. The fourth-order valence-corrected chi connectivity index (χ4v) is 2.96. The smallest absolute Gasteiger partial charge is 0.227 e. The van der Waals surface area contributed by atoms with E-state index in [1.165, 1.54) is 0 Å². The van der Waals surface area contributed by atoms with Crippen LogP contribution in [0.3, 0.4) is 0 Å². The van der Waals surface area contributed by atoms with Crippen molar-refractivity contribution in [3.8, 4) is 0 Å². The van der Waals surface area contributed by atoms with Crippen molar-refractivity contribution in [3.05, 3.63) is 53.9 Å². The van der Waals surface area contributed by atoms with Gasteiger partial charge in [0, 0.05) is 19.3 Å². The summed E-state index contributed by atoms with van der Waals surface area (Å²) in [7, 11) is 0. The van der Waals surface area contributed by atoms with Gasteiger partial charge < -0.3 is 15.0 Å². The highest BCUT2D eigenvalue weighted by molar-refractivity contribution is 5.83. The first-order chi connectivity index (χ1) is 12.3. The summed E-state index contributed by atoms with van der Waals surface area (Å²) >= 11 is 0. The van der Waals surface area contributed by atoms with E-state index >= 15 is 0 Å². The molecule has 1 atom stereocenters. The lowest BCUT2D eigenvalue weighted by atomic mass is 9.96. The van der Waals surface area contributed by atoms with Gasteiger partial charge in [-0.2, -0.15) is 0 Å². The SMILES string of the molecule is CC[C@H](C(=O)NCc1ccnc(N2CCOCC2)n1)c1ccccc1. The van der Waals surface area contributed by atoms with Crippen LogP contribution in [0, 0.1) is 0 Å². The summed E-state index contributed by atoms with van der Waals surface area (Å²) in [5.41, 5.74) is 1.85. The second-order valence-corrected chi connectivity index (χ2v) is 6.04. The van der Waals surface area contributed by atoms with Crippen molar-refractivity contribution in [2.45, 2.75) is 25.8 Å². The molecule has 0 radical (unpaired) electrons. The summed E-state index contributed by atoms with van der Waals surface area (Å²) in [5, 5.41) is 3.01. The number of nitrogens with one attached hydrogen (secondary N) is 1. The summed E-state index contributed by atoms with van der Waals surface area (Å²) in [4.78, 5) is 23.6. The number of nitrogens with zero attached hydrogens (tertiary/aromatic N) is 3. The van der Waals surface area contributed by atoms with Gasteiger partial charge in [-0.3, -0.25) is 4.79 Å². The lowest BCUT2D eigenvalue weighted by Gasteiger charge is -2.26. The Kier molecular flexibility index (Phi) is 5.95. The monoisotopic (exact) mass is 340 g/mol. The molecular formula is C19H24N4O2. The molecule has 0 saturated carbocycles. The quantitative estimate of drug-likeness (QED) is 0.872. The van der Waals surface area contributed by atoms with E-state index in [1.807, 2.05) is 43.3 Å². The normalized spacial score (nSPS) is 15.6. The Hall–Kier alpha value is -2.47. The number of rotatable bonds is 6. The topological polar surface area (TPSA) is 67.4 Å². The Bertz CT molecular complexity index is 687. The maximum Gasteiger partial charge on any atom is 0.227 e. The molecule has 0 unspecified atom stereocenters. The van der Waals surface area contributed by atoms with Gasteiger partial charge in [-0.25, -0.2) is 9.97 Å². The Morgan fingerprint density at radius 2 is 2.00 bits per heavy atom. The first-order valence-corrected chi connectivity index (χ1v) is 8.75. The van der Waals surface area contributed by atoms with E-state index in [2.05, 4.69) is 20.2 Å². The standard InChI is InChI=1S/C19H24N4O2/c1-2-17(15-6-4-3-5-7-15)18(24)21-14-16-8-9-20-19(22-16)23-10-12-25-13-11-23/h3-9,17H,2,10-14H2,1H3,(H,21,24)/t17-/m0/s1. The molecule has 6 nitrogen and oxygen atoms in total. The summed E-state index contributed by atoms with van der Waals surface area (Å²) in [6.07, 6.45) is 2.51. The molecule has 1 amide bonds. The number of benzene rings is 1. The Balaban J connectivity index is 1.61. The molecule has 2 heterocycles. The van der Waals surface area contributed by atoms with E-state index in [0.717, 1.165) is 30.8 Å². The van der Waals surface area contributed by atoms with E-state index in [4.69, 9.17) is 4.74 Å². The first kappa shape index (κ1) is 17.4. The second-order valence-electron chi connectivity index (χ2n) is 6.04. The van der Waals surface area contributed by atoms with Gasteiger partial charge in [0.05, 0.1) is 31.4 Å². The van der Waals surface area contributed by atoms with Crippen LogP contribution in [0.15, 0.2) is 42.6 Å². The number of amides is 1. The van der Waals surface area contributed by atoms with Gasteiger partial charge in [-0.05, 0) is 18.1 Å². The molecular weight excluding hydrogens is 316 g/mol. The van der Waals surface area contributed by atoms with E-state index in [1.54, 1.807) is 6.20 Å². The van der Waals surface area contributed by atoms with E-state index < -0.39 is 0 Å². The highest BCUT2D eigenvalue weighted by atomic mass is 16.5. The Morgan fingerprint density at radius 3 is 2.72 bits per heavy atom. The van der Waals surface area contributed by atoms with Gasteiger partial charge in [0.1, 0.15) is 0 Å². The molecule has 0 spiro atoms. The third kappa shape index (κ3) is 4.54. The van der Waals surface area contributed by atoms with Crippen LogP contribution in [-0.2, 0) is 16.1 Å². The maximum atomic E-state index is 12.6. The number of carbonyl (C=O) groups excluding carboxylic acids is 1. The van der Waals surface area contributed by atoms with Gasteiger partial charge in [0.2, 0.25) is 11.9 Å². The molecule has 1 aromatic carbocycles. The number of anilines is 1. The predicted molar refractivity (Wildman–Crippen MR) is 96.4 cm³/mol. The molecule has 1 N–H and O–H groups in total. The van der Waals surface area contributed by atoms with E-state index in [9.17, 15) is 4.79 Å². The first-order valence-electron chi connectivity index (χ1n) is 8.75. The van der Waals surface area contributed by atoms with Crippen LogP contribution < -0.4 is 10.2 Å². The van der Waals surface area contributed by atoms with Crippen molar-refractivity contribution in [3.63, 3.8) is 0 Å². The highest BCUT2D eigenvalue weighted by Gasteiger charge is 2.18. The average molecular weight is 340 g/mol. The highest BCUT2D eigenvalue weighted by Crippen LogP contribution is 2.19. The zero-order chi connectivity index (χ0) is 17.5. The van der Waals surface area contributed by atoms with Crippen LogP contribution in [0.1, 0.15) is 30.5 Å². The molecule has 1 aromatic heterocycles. The van der Waals surface area contributed by atoms with Crippen LogP contribution in [0.5, 0.6) is 0 Å². The van der Waals surface area contributed by atoms with Crippen LogP contribution >= 0.6 is 0 Å². The van der Waals surface area contributed by atoms with Crippen LogP contribution in [0.2, 0.25) is 0 Å². The minimum Gasteiger partial charge on any atom is -0.378 e. The van der Waals surface area contributed by atoms with Gasteiger partial charge in [-0.1, -0.05) is 37.3 Å². The molecule has 25 heavy (non-hydrogen) atoms. The number of morpholine rings is 1. The molecule has 1 saturated heterocycles. The largest absolute Gasteiger partial charge is 0.378 e. The lowest BCUT2D eigenvalue weighted by molar-refractivity contribution is -0.122. The van der Waals surface area contributed by atoms with E-state index in [-0.39, 0.29) is 11.8 Å². The molecule has 0 bridgehead atoms. The van der Waals surface area contributed by atoms with Gasteiger partial charge in [-0.15, -0.1) is 0 Å². The van der Waals surface area contributed by atoms with Crippen molar-refractivity contribution in [2.24, 2.45) is 0 Å². The second kappa shape index (κ2) is 8.58. The van der Waals surface area contributed by atoms with Crippen LogP contribution in [0.25, 0.3) is 0 Å². The van der Waals surface area contributed by atoms with Crippen LogP contribution in [0.4, 0.5) is 5.95 Å². The number of ether oxygens (including phenoxy) is 1. The predicted octanol–water partition coefficient (Wildman–Crippen LogP) is 2.12. The van der Waals surface area contributed by atoms with Crippen molar-refractivity contribution >= 4 is 11.9 Å². The zero-order valence-corrected chi connectivity index (χ0v) is 14.5. The zero-order valence-electron chi connectivity index (χ0n) is 14.5. The van der Waals surface area contributed by atoms with Crippen molar-refractivity contribution < 1.29 is 9.53 Å². The minimum absolute atomic E-state index is 0.0280. The number of hydrogen-bond donors (Lipinski definition) is 1. The molecule has 1 aliphatic rings. The summed E-state index contributed by atoms with van der Waals surface area (Å²) < 4.78 is 5.36. The average Bonchev–Trinajstić information content (AvgIpc) is 2.69. The Labute approximate surface area is 148 Å². The summed E-state index contributed by atoms with van der Waals surface area (Å²) in [5.74, 6) is 0.590. The number of aromatic nitrogens is 2. The molecule has 6 heteroatoms. The molecule has 2 aromatic rings. The summed E-state index contributed by atoms with van der Waals surface area (Å²) in [6.45, 7) is 5.41.